The molecule has 0 saturated carbocycles. The molecule has 0 radical (unpaired) electrons. The number of rotatable bonds is 3. The molecule has 0 heterocycles. The van der Waals surface area contributed by atoms with E-state index in [1.165, 1.54) is 18.2 Å². The molecule has 0 aromatic heterocycles. The maximum Gasteiger partial charge on any atom is 0.288 e. The van der Waals surface area contributed by atoms with E-state index < -0.39 is 16.0 Å². The first-order valence-corrected chi connectivity index (χ1v) is 6.63. The summed E-state index contributed by atoms with van der Waals surface area (Å²) in [5.41, 5.74) is 0.690. The van der Waals surface area contributed by atoms with Crippen LogP contribution in [0.1, 0.15) is 0 Å². The highest BCUT2D eigenvalue weighted by Gasteiger charge is 2.16. The molecule has 0 fully saturated rings. The second-order valence-corrected chi connectivity index (χ2v) is 5.01. The third-order valence-corrected chi connectivity index (χ3v) is 3.58. The third-order valence-electron chi connectivity index (χ3n) is 2.53. The second kappa shape index (κ2) is 5.48. The predicted octanol–water partition coefficient (Wildman–Crippen LogP) is 3.50. The van der Waals surface area contributed by atoms with Crippen LogP contribution < -0.4 is 0 Å². The topological polar surface area (TPSA) is 80.4 Å². The predicted molar refractivity (Wildman–Crippen MR) is 72.6 cm³/mol. The summed E-state index contributed by atoms with van der Waals surface area (Å²) in [7, 11) is 0. The molecule has 2 rings (SSSR count). The third kappa shape index (κ3) is 2.81. The summed E-state index contributed by atoms with van der Waals surface area (Å²) in [5, 5.41) is 10.9. The Kier molecular flexibility index (Phi) is 3.94. The van der Waals surface area contributed by atoms with E-state index in [9.17, 15) is 18.9 Å². The van der Waals surface area contributed by atoms with Gasteiger partial charge in [-0.1, -0.05) is 35.9 Å². The largest absolute Gasteiger partial charge is 0.302 e. The molecule has 2 aromatic carbocycles. The zero-order valence-electron chi connectivity index (χ0n) is 9.45. The van der Waals surface area contributed by atoms with Crippen LogP contribution in [0.3, 0.4) is 0 Å². The van der Waals surface area contributed by atoms with Crippen molar-refractivity contribution in [3.8, 4) is 11.1 Å². The highest BCUT2D eigenvalue weighted by molar-refractivity contribution is 7.79. The van der Waals surface area contributed by atoms with Crippen LogP contribution in [0.4, 0.5) is 5.69 Å². The molecule has 0 aliphatic heterocycles. The van der Waals surface area contributed by atoms with Crippen molar-refractivity contribution in [2.75, 3.05) is 0 Å². The number of hydrogen-bond donors (Lipinski definition) is 1. The van der Waals surface area contributed by atoms with Crippen molar-refractivity contribution in [1.82, 2.24) is 0 Å². The molecule has 2 aromatic rings. The zero-order chi connectivity index (χ0) is 14.0. The first kappa shape index (κ1) is 13.7. The van der Waals surface area contributed by atoms with E-state index in [4.69, 9.17) is 11.6 Å². The minimum atomic E-state index is -2.17. The summed E-state index contributed by atoms with van der Waals surface area (Å²) in [5.74, 6) is 0. The Morgan fingerprint density at radius 2 is 1.89 bits per heavy atom. The summed E-state index contributed by atoms with van der Waals surface area (Å²) in [6.45, 7) is 0. The van der Waals surface area contributed by atoms with E-state index in [0.717, 1.165) is 0 Å². The highest BCUT2D eigenvalue weighted by Crippen LogP contribution is 2.32. The average molecular weight is 298 g/mol. The van der Waals surface area contributed by atoms with Crippen LogP contribution in [-0.4, -0.2) is 13.7 Å². The molecule has 0 aliphatic rings. The fourth-order valence-electron chi connectivity index (χ4n) is 1.68. The Hall–Kier alpha value is -1.76. The van der Waals surface area contributed by atoms with Gasteiger partial charge in [-0.25, -0.2) is 4.21 Å². The fraction of sp³-hybridized carbons (Fsp3) is 0. The van der Waals surface area contributed by atoms with E-state index >= 15 is 0 Å². The smallest absolute Gasteiger partial charge is 0.288 e. The van der Waals surface area contributed by atoms with Gasteiger partial charge in [-0.15, -0.1) is 0 Å². The van der Waals surface area contributed by atoms with Gasteiger partial charge in [-0.3, -0.25) is 10.1 Å². The van der Waals surface area contributed by atoms with Crippen molar-refractivity contribution in [3.05, 3.63) is 57.6 Å². The number of nitro groups is 1. The maximum absolute atomic E-state index is 11.2. The van der Waals surface area contributed by atoms with Crippen LogP contribution in [0.25, 0.3) is 11.1 Å². The maximum atomic E-state index is 11.2. The Balaban J connectivity index is 2.63. The Morgan fingerprint density at radius 3 is 2.53 bits per heavy atom. The van der Waals surface area contributed by atoms with E-state index in [-0.39, 0.29) is 15.6 Å². The summed E-state index contributed by atoms with van der Waals surface area (Å²) < 4.78 is 20.4. The lowest BCUT2D eigenvalue weighted by Crippen LogP contribution is -1.94. The highest BCUT2D eigenvalue weighted by atomic mass is 35.5. The van der Waals surface area contributed by atoms with Gasteiger partial charge in [-0.05, 0) is 17.7 Å². The molecule has 1 atom stereocenters. The van der Waals surface area contributed by atoms with Crippen molar-refractivity contribution in [2.24, 2.45) is 0 Å². The number of hydrogen-bond acceptors (Lipinski definition) is 3. The molecule has 0 spiro atoms. The van der Waals surface area contributed by atoms with Gasteiger partial charge < -0.3 is 4.55 Å². The Labute approximate surface area is 116 Å². The van der Waals surface area contributed by atoms with Crippen molar-refractivity contribution in [1.29, 1.82) is 0 Å². The van der Waals surface area contributed by atoms with Gasteiger partial charge in [0, 0.05) is 11.6 Å². The van der Waals surface area contributed by atoms with Crippen molar-refractivity contribution in [2.45, 2.75) is 4.90 Å². The van der Waals surface area contributed by atoms with Crippen molar-refractivity contribution >= 4 is 28.4 Å². The SMILES string of the molecule is O=[N+]([O-])c1cc(-c2ccccc2S(=O)O)ccc1Cl. The van der Waals surface area contributed by atoms with Crippen LogP contribution in [0.5, 0.6) is 0 Å². The Morgan fingerprint density at radius 1 is 1.21 bits per heavy atom. The lowest BCUT2D eigenvalue weighted by molar-refractivity contribution is -0.384. The molecule has 0 bridgehead atoms. The molecule has 1 unspecified atom stereocenters. The lowest BCUT2D eigenvalue weighted by atomic mass is 10.1. The molecular formula is C12H8ClNO4S. The standard InChI is InChI=1S/C12H8ClNO4S/c13-10-6-5-8(7-11(10)14(15)16)9-3-1-2-4-12(9)19(17)18/h1-7H,(H,17,18). The van der Waals surface area contributed by atoms with Crippen LogP contribution in [0.15, 0.2) is 47.4 Å². The van der Waals surface area contributed by atoms with E-state index in [1.807, 2.05) is 0 Å². The van der Waals surface area contributed by atoms with Gasteiger partial charge in [0.05, 0.1) is 9.82 Å². The number of nitrogens with zero attached hydrogens (tertiary/aromatic N) is 1. The average Bonchev–Trinajstić information content (AvgIpc) is 2.39. The van der Waals surface area contributed by atoms with Crippen LogP contribution in [0.2, 0.25) is 5.02 Å². The lowest BCUT2D eigenvalue weighted by Gasteiger charge is -2.06. The van der Waals surface area contributed by atoms with Crippen molar-refractivity contribution < 1.29 is 13.7 Å². The molecule has 5 nitrogen and oxygen atoms in total. The van der Waals surface area contributed by atoms with Gasteiger partial charge in [0.1, 0.15) is 5.02 Å². The summed E-state index contributed by atoms with van der Waals surface area (Å²) >= 11 is 3.56. The monoisotopic (exact) mass is 297 g/mol. The van der Waals surface area contributed by atoms with Gasteiger partial charge in [0.2, 0.25) is 0 Å². The van der Waals surface area contributed by atoms with Crippen molar-refractivity contribution in [3.63, 3.8) is 0 Å². The summed E-state index contributed by atoms with van der Waals surface area (Å²) in [6, 6.07) is 10.7. The van der Waals surface area contributed by atoms with Gasteiger partial charge >= 0.3 is 0 Å². The van der Waals surface area contributed by atoms with E-state index in [0.29, 0.717) is 11.1 Å². The second-order valence-electron chi connectivity index (χ2n) is 3.67. The summed E-state index contributed by atoms with van der Waals surface area (Å²) in [4.78, 5) is 10.4. The Bertz CT molecular complexity index is 675. The van der Waals surface area contributed by atoms with Gasteiger partial charge in [0.25, 0.3) is 5.69 Å². The fourth-order valence-corrected chi connectivity index (χ4v) is 2.43. The number of nitro benzene ring substituents is 1. The summed E-state index contributed by atoms with van der Waals surface area (Å²) in [6.07, 6.45) is 0. The molecule has 0 amide bonds. The molecule has 0 saturated heterocycles. The molecule has 7 heteroatoms. The number of halogens is 1. The zero-order valence-corrected chi connectivity index (χ0v) is 11.0. The van der Waals surface area contributed by atoms with Gasteiger partial charge in [-0.2, -0.15) is 0 Å². The first-order valence-electron chi connectivity index (χ1n) is 5.15. The minimum Gasteiger partial charge on any atom is -0.302 e. The van der Waals surface area contributed by atoms with Crippen LogP contribution >= 0.6 is 11.6 Å². The minimum absolute atomic E-state index is 0.0244. The molecule has 1 N–H and O–H groups in total. The van der Waals surface area contributed by atoms with Crippen LogP contribution in [0, 0.1) is 10.1 Å². The molecule has 0 aliphatic carbocycles. The quantitative estimate of drug-likeness (QED) is 0.534. The molecule has 19 heavy (non-hydrogen) atoms. The number of benzene rings is 2. The molecule has 98 valence electrons. The molecular weight excluding hydrogens is 290 g/mol. The van der Waals surface area contributed by atoms with Crippen LogP contribution in [-0.2, 0) is 11.1 Å². The first-order chi connectivity index (χ1) is 9.00. The van der Waals surface area contributed by atoms with Gasteiger partial charge in [0.15, 0.2) is 11.1 Å². The van der Waals surface area contributed by atoms with E-state index in [1.54, 1.807) is 24.3 Å². The van der Waals surface area contributed by atoms with E-state index in [2.05, 4.69) is 0 Å². The normalized spacial score (nSPS) is 12.1.